The number of likely N-dealkylation sites (tertiary alicyclic amines) is 1. The Balaban J connectivity index is 1.61. The van der Waals surface area contributed by atoms with Crippen molar-refractivity contribution in [2.75, 3.05) is 46.3 Å². The summed E-state index contributed by atoms with van der Waals surface area (Å²) in [5, 5.41) is 11.7. The highest BCUT2D eigenvalue weighted by molar-refractivity contribution is 5.91. The summed E-state index contributed by atoms with van der Waals surface area (Å²) in [6.07, 6.45) is 3.22. The second-order valence-electron chi connectivity index (χ2n) is 7.51. The first-order valence-corrected chi connectivity index (χ1v) is 9.46. The molecule has 2 fully saturated rings. The number of benzene rings is 1. The van der Waals surface area contributed by atoms with Crippen molar-refractivity contribution in [2.24, 2.45) is 0 Å². The van der Waals surface area contributed by atoms with Gasteiger partial charge in [-0.05, 0) is 19.0 Å². The number of carbonyl (C=O) groups is 1. The van der Waals surface area contributed by atoms with Crippen LogP contribution in [0.1, 0.15) is 22.5 Å². The van der Waals surface area contributed by atoms with Crippen LogP contribution in [0.3, 0.4) is 0 Å². The quantitative estimate of drug-likeness (QED) is 0.870. The molecule has 144 valence electrons. The third kappa shape index (κ3) is 3.50. The normalized spacial score (nSPS) is 27.6. The molecule has 2 aliphatic rings. The lowest BCUT2D eigenvalue weighted by molar-refractivity contribution is -0.101. The number of amides is 1. The van der Waals surface area contributed by atoms with Gasteiger partial charge < -0.3 is 19.3 Å². The third-order valence-corrected chi connectivity index (χ3v) is 5.89. The van der Waals surface area contributed by atoms with Crippen LogP contribution in [0.15, 0.2) is 47.3 Å². The van der Waals surface area contributed by atoms with E-state index < -0.39 is 5.60 Å². The second-order valence-corrected chi connectivity index (χ2v) is 7.51. The molecular weight excluding hydrogens is 344 g/mol. The van der Waals surface area contributed by atoms with Gasteiger partial charge in [-0.25, -0.2) is 4.98 Å². The number of oxazole rings is 1. The minimum Gasteiger partial charge on any atom is -0.438 e. The minimum absolute atomic E-state index is 0.158. The first-order chi connectivity index (χ1) is 13.1. The van der Waals surface area contributed by atoms with Crippen molar-refractivity contribution >= 4 is 5.91 Å². The van der Waals surface area contributed by atoms with Gasteiger partial charge in [-0.3, -0.25) is 9.69 Å². The van der Waals surface area contributed by atoms with E-state index in [1.54, 1.807) is 4.90 Å². The van der Waals surface area contributed by atoms with Gasteiger partial charge in [-0.15, -0.1) is 0 Å². The zero-order valence-corrected chi connectivity index (χ0v) is 15.6. The summed E-state index contributed by atoms with van der Waals surface area (Å²) in [4.78, 5) is 23.0. The van der Waals surface area contributed by atoms with Crippen LogP contribution in [0.2, 0.25) is 0 Å². The number of likely N-dealkylation sites (N-methyl/N-ethyl adjacent to an activating group) is 1. The van der Waals surface area contributed by atoms with Crippen LogP contribution in [0, 0.1) is 0 Å². The number of carbonyl (C=O) groups excluding carboxylic acids is 1. The summed E-state index contributed by atoms with van der Waals surface area (Å²) in [7, 11) is 2.11. The molecule has 1 aromatic heterocycles. The molecule has 7 nitrogen and oxygen atoms in total. The molecule has 7 heteroatoms. The number of piperazine rings is 1. The molecule has 2 aliphatic heterocycles. The summed E-state index contributed by atoms with van der Waals surface area (Å²) in [5.74, 6) is 0.0824. The van der Waals surface area contributed by atoms with Gasteiger partial charge in [0.05, 0.1) is 12.2 Å². The number of hydrogen-bond acceptors (Lipinski definition) is 6. The number of piperidine rings is 1. The van der Waals surface area contributed by atoms with E-state index in [1.807, 2.05) is 30.3 Å². The van der Waals surface area contributed by atoms with Crippen molar-refractivity contribution in [2.45, 2.75) is 18.1 Å². The van der Waals surface area contributed by atoms with Crippen molar-refractivity contribution < 1.29 is 14.3 Å². The van der Waals surface area contributed by atoms with Crippen LogP contribution in [0.25, 0.3) is 0 Å². The van der Waals surface area contributed by atoms with Gasteiger partial charge in [0, 0.05) is 39.3 Å². The van der Waals surface area contributed by atoms with Gasteiger partial charge in [0.15, 0.2) is 6.39 Å². The fraction of sp³-hybridized carbons (Fsp3) is 0.500. The maximum absolute atomic E-state index is 12.8. The first-order valence-electron chi connectivity index (χ1n) is 9.46. The molecule has 2 atom stereocenters. The lowest BCUT2D eigenvalue weighted by atomic mass is 9.79. The molecule has 0 saturated carbocycles. The molecule has 4 rings (SSSR count). The first kappa shape index (κ1) is 18.2. The van der Waals surface area contributed by atoms with Crippen LogP contribution in [0.4, 0.5) is 0 Å². The van der Waals surface area contributed by atoms with E-state index in [4.69, 9.17) is 4.42 Å². The highest BCUT2D eigenvalue weighted by atomic mass is 16.3. The highest BCUT2D eigenvalue weighted by Crippen LogP contribution is 2.36. The zero-order valence-electron chi connectivity index (χ0n) is 15.6. The van der Waals surface area contributed by atoms with E-state index in [9.17, 15) is 9.90 Å². The fourth-order valence-corrected chi connectivity index (χ4v) is 4.20. The van der Waals surface area contributed by atoms with E-state index in [0.717, 1.165) is 31.7 Å². The van der Waals surface area contributed by atoms with Crippen LogP contribution in [0.5, 0.6) is 0 Å². The largest absolute Gasteiger partial charge is 0.438 e. The Bertz CT molecular complexity index is 759. The SMILES string of the molecule is CN1CCN([C@@H]2CN(C(=O)c3cnco3)CC[C@]2(O)c2ccccc2)CC1. The van der Waals surface area contributed by atoms with Crippen LogP contribution in [-0.2, 0) is 5.60 Å². The predicted molar refractivity (Wildman–Crippen MR) is 100 cm³/mol. The van der Waals surface area contributed by atoms with E-state index in [2.05, 4.69) is 21.8 Å². The van der Waals surface area contributed by atoms with Crippen molar-refractivity contribution in [1.29, 1.82) is 0 Å². The molecule has 0 radical (unpaired) electrons. The highest BCUT2D eigenvalue weighted by Gasteiger charge is 2.47. The summed E-state index contributed by atoms with van der Waals surface area (Å²) < 4.78 is 5.19. The van der Waals surface area contributed by atoms with Crippen molar-refractivity contribution in [3.05, 3.63) is 54.2 Å². The summed E-state index contributed by atoms with van der Waals surface area (Å²) in [6.45, 7) is 4.61. The molecule has 1 N–H and O–H groups in total. The molecular formula is C20H26N4O3. The Morgan fingerprint density at radius 2 is 1.93 bits per heavy atom. The van der Waals surface area contributed by atoms with Crippen LogP contribution >= 0.6 is 0 Å². The summed E-state index contributed by atoms with van der Waals surface area (Å²) in [5.41, 5.74) is -0.0595. The molecule has 3 heterocycles. The van der Waals surface area contributed by atoms with Crippen molar-refractivity contribution in [3.63, 3.8) is 0 Å². The number of rotatable bonds is 3. The molecule has 0 unspecified atom stereocenters. The zero-order chi connectivity index (χ0) is 18.9. The number of aliphatic hydroxyl groups is 1. The Morgan fingerprint density at radius 1 is 1.19 bits per heavy atom. The standard InChI is InChI=1S/C20H26N4O3/c1-22-9-11-23(12-10-22)18-14-24(19(25)17-13-21-15-27-17)8-7-20(18,26)16-5-3-2-4-6-16/h2-6,13,15,18,26H,7-12,14H2,1H3/t18-,20+/m1/s1. The average molecular weight is 370 g/mol. The summed E-state index contributed by atoms with van der Waals surface area (Å²) >= 11 is 0. The van der Waals surface area contributed by atoms with Gasteiger partial charge in [0.1, 0.15) is 5.60 Å². The van der Waals surface area contributed by atoms with E-state index >= 15 is 0 Å². The molecule has 1 aromatic carbocycles. The van der Waals surface area contributed by atoms with Crippen molar-refractivity contribution in [3.8, 4) is 0 Å². The Hall–Kier alpha value is -2.22. The Morgan fingerprint density at radius 3 is 2.59 bits per heavy atom. The van der Waals surface area contributed by atoms with Gasteiger partial charge in [-0.1, -0.05) is 30.3 Å². The molecule has 27 heavy (non-hydrogen) atoms. The monoisotopic (exact) mass is 370 g/mol. The summed E-state index contributed by atoms with van der Waals surface area (Å²) in [6, 6.07) is 9.68. The smallest absolute Gasteiger partial charge is 0.291 e. The number of nitrogens with zero attached hydrogens (tertiary/aromatic N) is 4. The lowest BCUT2D eigenvalue weighted by Gasteiger charge is -2.51. The molecule has 0 aliphatic carbocycles. The third-order valence-electron chi connectivity index (χ3n) is 5.89. The lowest BCUT2D eigenvalue weighted by Crippen LogP contribution is -2.64. The number of hydrogen-bond donors (Lipinski definition) is 1. The molecule has 0 spiro atoms. The second kappa shape index (κ2) is 7.42. The van der Waals surface area contributed by atoms with E-state index in [-0.39, 0.29) is 17.7 Å². The van der Waals surface area contributed by atoms with Crippen molar-refractivity contribution in [1.82, 2.24) is 19.7 Å². The van der Waals surface area contributed by atoms with Crippen LogP contribution in [-0.4, -0.2) is 83.1 Å². The Labute approximate surface area is 159 Å². The predicted octanol–water partition coefficient (Wildman–Crippen LogP) is 1.02. The Kier molecular flexibility index (Phi) is 4.99. The maximum Gasteiger partial charge on any atom is 0.291 e. The van der Waals surface area contributed by atoms with Crippen LogP contribution < -0.4 is 0 Å². The molecule has 2 aromatic rings. The maximum atomic E-state index is 12.8. The van der Waals surface area contributed by atoms with E-state index in [0.29, 0.717) is 19.5 Å². The molecule has 1 amide bonds. The molecule has 2 saturated heterocycles. The fourth-order valence-electron chi connectivity index (χ4n) is 4.20. The van der Waals surface area contributed by atoms with Gasteiger partial charge >= 0.3 is 0 Å². The average Bonchev–Trinajstić information content (AvgIpc) is 3.24. The topological polar surface area (TPSA) is 73.0 Å². The minimum atomic E-state index is -0.977. The van der Waals surface area contributed by atoms with E-state index in [1.165, 1.54) is 12.6 Å². The molecule has 0 bridgehead atoms. The van der Waals surface area contributed by atoms with Gasteiger partial charge in [0.2, 0.25) is 5.76 Å². The van der Waals surface area contributed by atoms with Gasteiger partial charge in [0.25, 0.3) is 5.91 Å². The number of aromatic nitrogens is 1. The van der Waals surface area contributed by atoms with Gasteiger partial charge in [-0.2, -0.15) is 0 Å².